The van der Waals surface area contributed by atoms with Crippen LogP contribution in [0.1, 0.15) is 32.1 Å². The summed E-state index contributed by atoms with van der Waals surface area (Å²) in [6.07, 6.45) is 7.98. The van der Waals surface area contributed by atoms with E-state index in [0.717, 1.165) is 25.0 Å². The summed E-state index contributed by atoms with van der Waals surface area (Å²) in [5.41, 5.74) is 0. The second kappa shape index (κ2) is 7.49. The summed E-state index contributed by atoms with van der Waals surface area (Å²) in [4.78, 5) is 22.1. The average Bonchev–Trinajstić information content (AvgIpc) is 2.69. The molecule has 0 saturated heterocycles. The van der Waals surface area contributed by atoms with Crippen LogP contribution in [0.5, 0.6) is 0 Å². The van der Waals surface area contributed by atoms with E-state index < -0.39 is 0 Å². The second-order valence-electron chi connectivity index (χ2n) is 3.78. The lowest BCUT2D eigenvalue weighted by Crippen LogP contribution is -2.08. The number of allylic oxidation sites excluding steroid dienone is 1. The van der Waals surface area contributed by atoms with Gasteiger partial charge in [-0.05, 0) is 18.6 Å². The number of hydrogen-bond acceptors (Lipinski definition) is 4. The van der Waals surface area contributed by atoms with E-state index in [1.54, 1.807) is 11.8 Å². The third kappa shape index (κ3) is 4.84. The summed E-state index contributed by atoms with van der Waals surface area (Å²) in [5.74, 6) is 1.17. The van der Waals surface area contributed by atoms with Crippen LogP contribution in [0.2, 0.25) is 0 Å². The van der Waals surface area contributed by atoms with Crippen LogP contribution in [0.15, 0.2) is 12.2 Å². The number of rotatable bonds is 7. The van der Waals surface area contributed by atoms with Gasteiger partial charge in [0, 0.05) is 12.8 Å². The quantitative estimate of drug-likeness (QED) is 0.390. The third-order valence-electron chi connectivity index (χ3n) is 2.50. The van der Waals surface area contributed by atoms with Gasteiger partial charge in [-0.15, -0.1) is 11.8 Å². The molecule has 3 nitrogen and oxygen atoms in total. The lowest BCUT2D eigenvalue weighted by Gasteiger charge is -2.05. The number of unbranched alkanes of at least 4 members (excludes halogenated alkanes) is 2. The van der Waals surface area contributed by atoms with Crippen LogP contribution in [0.4, 0.5) is 0 Å². The summed E-state index contributed by atoms with van der Waals surface area (Å²) < 4.78 is 4.55. The predicted molar refractivity (Wildman–Crippen MR) is 65.5 cm³/mol. The molecule has 0 saturated carbocycles. The number of ether oxygens (including phenoxy) is 1. The molecule has 1 aliphatic rings. The van der Waals surface area contributed by atoms with Crippen molar-refractivity contribution in [3.63, 3.8) is 0 Å². The van der Waals surface area contributed by atoms with E-state index in [1.165, 1.54) is 7.11 Å². The summed E-state index contributed by atoms with van der Waals surface area (Å²) in [5, 5.41) is 0.0839. The second-order valence-corrected chi connectivity index (χ2v) is 5.03. The van der Waals surface area contributed by atoms with Crippen molar-refractivity contribution in [3.05, 3.63) is 12.2 Å². The van der Waals surface area contributed by atoms with Crippen LogP contribution < -0.4 is 0 Å². The fourth-order valence-corrected chi connectivity index (χ4v) is 2.67. The number of carbonyl (C=O) groups is 2. The Bertz CT molecular complexity index is 273. The Morgan fingerprint density at radius 1 is 1.50 bits per heavy atom. The molecule has 1 atom stereocenters. The first-order chi connectivity index (χ1) is 7.74. The van der Waals surface area contributed by atoms with Crippen LogP contribution in [0.25, 0.3) is 0 Å². The topological polar surface area (TPSA) is 43.4 Å². The Balaban J connectivity index is 1.94. The molecule has 90 valence electrons. The van der Waals surface area contributed by atoms with Crippen molar-refractivity contribution in [3.8, 4) is 0 Å². The Morgan fingerprint density at radius 2 is 2.31 bits per heavy atom. The van der Waals surface area contributed by atoms with Gasteiger partial charge in [-0.1, -0.05) is 18.6 Å². The highest BCUT2D eigenvalue weighted by atomic mass is 32.2. The Hall–Kier alpha value is -0.770. The molecule has 0 N–H and O–H groups in total. The van der Waals surface area contributed by atoms with E-state index in [-0.39, 0.29) is 11.2 Å². The Kier molecular flexibility index (Phi) is 6.23. The summed E-state index contributed by atoms with van der Waals surface area (Å²) in [6.45, 7) is 0. The van der Waals surface area contributed by atoms with Crippen LogP contribution >= 0.6 is 11.8 Å². The molecule has 0 aliphatic heterocycles. The number of thioether (sulfide) groups is 1. The van der Waals surface area contributed by atoms with Crippen molar-refractivity contribution in [2.75, 3.05) is 12.9 Å². The standard InChI is InChI=1S/C12H18O3S/c1-15-12(14)8-3-2-4-9-16-11-7-5-6-10(11)13/h5,7,11H,2-4,6,8-9H2,1H3. The first-order valence-corrected chi connectivity index (χ1v) is 6.66. The van der Waals surface area contributed by atoms with Gasteiger partial charge in [0.05, 0.1) is 12.4 Å². The maximum Gasteiger partial charge on any atom is 0.305 e. The smallest absolute Gasteiger partial charge is 0.305 e. The van der Waals surface area contributed by atoms with Gasteiger partial charge < -0.3 is 4.74 Å². The lowest BCUT2D eigenvalue weighted by atomic mass is 10.2. The van der Waals surface area contributed by atoms with Crippen molar-refractivity contribution in [1.82, 2.24) is 0 Å². The molecular formula is C12H18O3S. The van der Waals surface area contributed by atoms with Gasteiger partial charge in [0.25, 0.3) is 0 Å². The largest absolute Gasteiger partial charge is 0.469 e. The molecule has 0 fully saturated rings. The molecule has 0 bridgehead atoms. The molecule has 0 aromatic carbocycles. The van der Waals surface area contributed by atoms with Gasteiger partial charge in [0.15, 0.2) is 5.78 Å². The van der Waals surface area contributed by atoms with Gasteiger partial charge >= 0.3 is 5.97 Å². The van der Waals surface area contributed by atoms with Crippen LogP contribution in [0, 0.1) is 0 Å². The molecule has 0 aromatic rings. The van der Waals surface area contributed by atoms with E-state index in [0.29, 0.717) is 18.6 Å². The van der Waals surface area contributed by atoms with Crippen molar-refractivity contribution in [2.24, 2.45) is 0 Å². The maximum absolute atomic E-state index is 11.3. The van der Waals surface area contributed by atoms with Crippen molar-refractivity contribution in [1.29, 1.82) is 0 Å². The zero-order valence-corrected chi connectivity index (χ0v) is 10.4. The normalized spacial score (nSPS) is 19.1. The predicted octanol–water partition coefficient (Wildman–Crippen LogP) is 2.35. The van der Waals surface area contributed by atoms with Gasteiger partial charge in [-0.2, -0.15) is 0 Å². The number of hydrogen-bond donors (Lipinski definition) is 0. The van der Waals surface area contributed by atoms with E-state index in [2.05, 4.69) is 4.74 Å². The number of Topliss-reactive ketones (excluding diaryl/α,β-unsaturated/α-hetero) is 1. The minimum absolute atomic E-state index is 0.0839. The highest BCUT2D eigenvalue weighted by Crippen LogP contribution is 2.21. The Labute approximate surface area is 101 Å². The summed E-state index contributed by atoms with van der Waals surface area (Å²) >= 11 is 1.70. The molecule has 0 amide bonds. The zero-order valence-electron chi connectivity index (χ0n) is 9.61. The SMILES string of the molecule is COC(=O)CCCCCSC1C=CCC1=O. The first-order valence-electron chi connectivity index (χ1n) is 5.62. The molecule has 1 unspecified atom stereocenters. The van der Waals surface area contributed by atoms with Gasteiger partial charge in [0.2, 0.25) is 0 Å². The maximum atomic E-state index is 11.3. The van der Waals surface area contributed by atoms with E-state index in [1.807, 2.05) is 12.2 Å². The van der Waals surface area contributed by atoms with Crippen molar-refractivity contribution < 1.29 is 14.3 Å². The lowest BCUT2D eigenvalue weighted by molar-refractivity contribution is -0.140. The number of ketones is 1. The average molecular weight is 242 g/mol. The first kappa shape index (κ1) is 13.3. The molecule has 0 radical (unpaired) electrons. The van der Waals surface area contributed by atoms with E-state index >= 15 is 0 Å². The molecular weight excluding hydrogens is 224 g/mol. The highest BCUT2D eigenvalue weighted by Gasteiger charge is 2.18. The number of esters is 1. The molecule has 1 rings (SSSR count). The van der Waals surface area contributed by atoms with Crippen LogP contribution in [-0.4, -0.2) is 29.9 Å². The van der Waals surface area contributed by atoms with Gasteiger partial charge in [0.1, 0.15) is 0 Å². The van der Waals surface area contributed by atoms with E-state index in [9.17, 15) is 9.59 Å². The van der Waals surface area contributed by atoms with E-state index in [4.69, 9.17) is 0 Å². The zero-order chi connectivity index (χ0) is 11.8. The molecule has 16 heavy (non-hydrogen) atoms. The molecule has 0 spiro atoms. The van der Waals surface area contributed by atoms with Crippen LogP contribution in [-0.2, 0) is 14.3 Å². The fourth-order valence-electron chi connectivity index (χ4n) is 1.54. The van der Waals surface area contributed by atoms with Crippen molar-refractivity contribution in [2.45, 2.75) is 37.4 Å². The molecule has 1 aliphatic carbocycles. The Morgan fingerprint density at radius 3 is 2.94 bits per heavy atom. The minimum atomic E-state index is -0.137. The fraction of sp³-hybridized carbons (Fsp3) is 0.667. The molecule has 0 aromatic heterocycles. The summed E-state index contributed by atoms with van der Waals surface area (Å²) in [7, 11) is 1.41. The highest BCUT2D eigenvalue weighted by molar-refractivity contribution is 8.00. The van der Waals surface area contributed by atoms with Crippen molar-refractivity contribution >= 4 is 23.5 Å². The molecule has 0 heterocycles. The number of methoxy groups -OCH3 is 1. The third-order valence-corrected chi connectivity index (χ3v) is 3.80. The van der Waals surface area contributed by atoms with Gasteiger partial charge in [-0.25, -0.2) is 0 Å². The van der Waals surface area contributed by atoms with Gasteiger partial charge in [-0.3, -0.25) is 9.59 Å². The minimum Gasteiger partial charge on any atom is -0.469 e. The van der Waals surface area contributed by atoms with Crippen LogP contribution in [0.3, 0.4) is 0 Å². The number of carbonyl (C=O) groups excluding carboxylic acids is 2. The summed E-state index contributed by atoms with van der Waals surface area (Å²) in [6, 6.07) is 0. The monoisotopic (exact) mass is 242 g/mol. The molecule has 4 heteroatoms.